The maximum atomic E-state index is 13.4. The van der Waals surface area contributed by atoms with Crippen molar-refractivity contribution in [2.75, 3.05) is 5.32 Å². The Morgan fingerprint density at radius 1 is 1.18 bits per heavy atom. The Morgan fingerprint density at radius 3 is 2.55 bits per heavy atom. The quantitative estimate of drug-likeness (QED) is 0.669. The van der Waals surface area contributed by atoms with E-state index in [0.29, 0.717) is 6.07 Å². The molecule has 116 valence electrons. The van der Waals surface area contributed by atoms with Crippen molar-refractivity contribution in [3.05, 3.63) is 45.7 Å². The minimum atomic E-state index is -1.72. The standard InChI is InChI=1S/C13H10F3N3O2S/c1-6-17-4-7(22-6)5-18-12(20)13(21)19-9-3-2-8(14)10(15)11(9)16/h2-4H,5H2,1H3,(H,18,20)(H,19,21). The second-order valence-corrected chi connectivity index (χ2v) is 5.52. The fourth-order valence-electron chi connectivity index (χ4n) is 1.54. The van der Waals surface area contributed by atoms with Crippen LogP contribution in [-0.4, -0.2) is 16.8 Å². The first-order valence-corrected chi connectivity index (χ1v) is 6.84. The van der Waals surface area contributed by atoms with E-state index in [1.165, 1.54) is 11.3 Å². The highest BCUT2D eigenvalue weighted by Crippen LogP contribution is 2.19. The molecule has 1 aromatic heterocycles. The van der Waals surface area contributed by atoms with E-state index in [9.17, 15) is 22.8 Å². The van der Waals surface area contributed by atoms with E-state index in [1.54, 1.807) is 13.1 Å². The van der Waals surface area contributed by atoms with E-state index >= 15 is 0 Å². The number of carbonyl (C=O) groups excluding carboxylic acids is 2. The normalized spacial score (nSPS) is 10.4. The SMILES string of the molecule is Cc1ncc(CNC(=O)C(=O)Nc2ccc(F)c(F)c2F)s1. The van der Waals surface area contributed by atoms with Crippen LogP contribution in [0.5, 0.6) is 0 Å². The average molecular weight is 329 g/mol. The fraction of sp³-hybridized carbons (Fsp3) is 0.154. The van der Waals surface area contributed by atoms with E-state index in [1.807, 2.05) is 5.32 Å². The van der Waals surface area contributed by atoms with E-state index in [2.05, 4.69) is 10.3 Å². The molecule has 0 fully saturated rings. The van der Waals surface area contributed by atoms with Crippen LogP contribution in [0.1, 0.15) is 9.88 Å². The first-order valence-electron chi connectivity index (χ1n) is 6.02. The molecule has 0 aliphatic carbocycles. The molecule has 0 aliphatic rings. The molecule has 0 saturated heterocycles. The van der Waals surface area contributed by atoms with Crippen LogP contribution in [0.25, 0.3) is 0 Å². The predicted molar refractivity (Wildman–Crippen MR) is 73.6 cm³/mol. The lowest BCUT2D eigenvalue weighted by Gasteiger charge is -2.07. The Labute approximate surface area is 127 Å². The molecule has 22 heavy (non-hydrogen) atoms. The second-order valence-electron chi connectivity index (χ2n) is 4.21. The Balaban J connectivity index is 1.97. The summed E-state index contributed by atoms with van der Waals surface area (Å²) in [5.41, 5.74) is -0.618. The molecule has 9 heteroatoms. The number of hydrogen-bond acceptors (Lipinski definition) is 4. The zero-order chi connectivity index (χ0) is 16.3. The van der Waals surface area contributed by atoms with Gasteiger partial charge in [0.15, 0.2) is 17.5 Å². The Bertz CT molecular complexity index is 733. The topological polar surface area (TPSA) is 71.1 Å². The smallest absolute Gasteiger partial charge is 0.313 e. The molecule has 1 heterocycles. The van der Waals surface area contributed by atoms with Gasteiger partial charge in [-0.25, -0.2) is 18.2 Å². The van der Waals surface area contributed by atoms with Crippen molar-refractivity contribution in [1.82, 2.24) is 10.3 Å². The van der Waals surface area contributed by atoms with Gasteiger partial charge in [-0.1, -0.05) is 0 Å². The summed E-state index contributed by atoms with van der Waals surface area (Å²) in [4.78, 5) is 27.8. The zero-order valence-electron chi connectivity index (χ0n) is 11.2. The summed E-state index contributed by atoms with van der Waals surface area (Å²) in [7, 11) is 0. The number of aromatic nitrogens is 1. The maximum Gasteiger partial charge on any atom is 0.313 e. The predicted octanol–water partition coefficient (Wildman–Crippen LogP) is 2.12. The number of halogens is 3. The molecule has 0 spiro atoms. The number of benzene rings is 1. The van der Waals surface area contributed by atoms with Crippen LogP contribution in [0.4, 0.5) is 18.9 Å². The monoisotopic (exact) mass is 329 g/mol. The molecule has 2 rings (SSSR count). The van der Waals surface area contributed by atoms with Crippen LogP contribution in [0.2, 0.25) is 0 Å². The third kappa shape index (κ3) is 3.61. The second kappa shape index (κ2) is 6.56. The maximum absolute atomic E-state index is 13.4. The van der Waals surface area contributed by atoms with Gasteiger partial charge in [-0.15, -0.1) is 11.3 Å². The highest BCUT2D eigenvalue weighted by atomic mass is 32.1. The van der Waals surface area contributed by atoms with Crippen molar-refractivity contribution >= 4 is 28.8 Å². The van der Waals surface area contributed by atoms with Crippen LogP contribution in [0, 0.1) is 24.4 Å². The van der Waals surface area contributed by atoms with Crippen LogP contribution in [0.3, 0.4) is 0 Å². The fourth-order valence-corrected chi connectivity index (χ4v) is 2.27. The number of nitrogens with zero attached hydrogens (tertiary/aromatic N) is 1. The van der Waals surface area contributed by atoms with Crippen LogP contribution >= 0.6 is 11.3 Å². The minimum absolute atomic E-state index is 0.0814. The van der Waals surface area contributed by atoms with E-state index in [-0.39, 0.29) is 6.54 Å². The molecule has 2 N–H and O–H groups in total. The summed E-state index contributed by atoms with van der Waals surface area (Å²) in [6, 6.07) is 1.47. The van der Waals surface area contributed by atoms with Gasteiger partial charge >= 0.3 is 11.8 Å². The van der Waals surface area contributed by atoms with E-state index in [0.717, 1.165) is 16.0 Å². The van der Waals surface area contributed by atoms with E-state index < -0.39 is 35.0 Å². The van der Waals surface area contributed by atoms with Crippen LogP contribution in [-0.2, 0) is 16.1 Å². The van der Waals surface area contributed by atoms with Gasteiger partial charge in [0.2, 0.25) is 0 Å². The molecular weight excluding hydrogens is 319 g/mol. The van der Waals surface area contributed by atoms with Crippen molar-refractivity contribution < 1.29 is 22.8 Å². The molecular formula is C13H10F3N3O2S. The zero-order valence-corrected chi connectivity index (χ0v) is 12.1. The number of carbonyl (C=O) groups is 2. The number of amides is 2. The molecule has 0 saturated carbocycles. The molecule has 0 aliphatic heterocycles. The van der Waals surface area contributed by atoms with Crippen molar-refractivity contribution in [2.24, 2.45) is 0 Å². The number of thiazole rings is 1. The van der Waals surface area contributed by atoms with Gasteiger partial charge in [-0.2, -0.15) is 0 Å². The largest absolute Gasteiger partial charge is 0.343 e. The third-order valence-corrected chi connectivity index (χ3v) is 3.49. The van der Waals surface area contributed by atoms with Gasteiger partial charge in [0.25, 0.3) is 0 Å². The molecule has 0 unspecified atom stereocenters. The van der Waals surface area contributed by atoms with Gasteiger partial charge in [-0.3, -0.25) is 9.59 Å². The van der Waals surface area contributed by atoms with Gasteiger partial charge in [0.1, 0.15) is 0 Å². The van der Waals surface area contributed by atoms with Gasteiger partial charge < -0.3 is 10.6 Å². The Kier molecular flexibility index (Phi) is 4.76. The van der Waals surface area contributed by atoms with Gasteiger partial charge in [0, 0.05) is 11.1 Å². The third-order valence-electron chi connectivity index (χ3n) is 2.58. The highest BCUT2D eigenvalue weighted by Gasteiger charge is 2.19. The van der Waals surface area contributed by atoms with Crippen LogP contribution in [0.15, 0.2) is 18.3 Å². The van der Waals surface area contributed by atoms with Gasteiger partial charge in [0.05, 0.1) is 17.2 Å². The highest BCUT2D eigenvalue weighted by molar-refractivity contribution is 7.11. The molecule has 0 radical (unpaired) electrons. The van der Waals surface area contributed by atoms with E-state index in [4.69, 9.17) is 0 Å². The summed E-state index contributed by atoms with van der Waals surface area (Å²) in [5.74, 6) is -6.90. The lowest BCUT2D eigenvalue weighted by atomic mass is 10.2. The summed E-state index contributed by atoms with van der Waals surface area (Å²) >= 11 is 1.34. The number of hydrogen-bond donors (Lipinski definition) is 2. The number of aryl methyl sites for hydroxylation is 1. The van der Waals surface area contributed by atoms with Crippen LogP contribution < -0.4 is 10.6 Å². The number of nitrogens with one attached hydrogen (secondary N) is 2. The van der Waals surface area contributed by atoms with Crippen molar-refractivity contribution in [3.63, 3.8) is 0 Å². The first-order chi connectivity index (χ1) is 10.4. The van der Waals surface area contributed by atoms with Gasteiger partial charge in [-0.05, 0) is 19.1 Å². The number of anilines is 1. The lowest BCUT2D eigenvalue weighted by molar-refractivity contribution is -0.136. The molecule has 1 aromatic carbocycles. The molecule has 2 aromatic rings. The summed E-state index contributed by atoms with van der Waals surface area (Å²) in [6.45, 7) is 1.87. The average Bonchev–Trinajstić information content (AvgIpc) is 2.91. The first kappa shape index (κ1) is 16.0. The van der Waals surface area contributed by atoms with Crippen molar-refractivity contribution in [3.8, 4) is 0 Å². The number of rotatable bonds is 3. The minimum Gasteiger partial charge on any atom is -0.343 e. The summed E-state index contributed by atoms with van der Waals surface area (Å²) in [5, 5.41) is 4.98. The van der Waals surface area contributed by atoms with Crippen molar-refractivity contribution in [1.29, 1.82) is 0 Å². The summed E-state index contributed by atoms with van der Waals surface area (Å²) in [6.07, 6.45) is 1.55. The lowest BCUT2D eigenvalue weighted by Crippen LogP contribution is -2.35. The summed E-state index contributed by atoms with van der Waals surface area (Å²) < 4.78 is 39.1. The molecule has 2 amide bonds. The molecule has 5 nitrogen and oxygen atoms in total. The Hall–Kier alpha value is -2.42. The molecule has 0 atom stereocenters. The molecule has 0 bridgehead atoms. The Morgan fingerprint density at radius 2 is 1.91 bits per heavy atom. The van der Waals surface area contributed by atoms with Crippen molar-refractivity contribution in [2.45, 2.75) is 13.5 Å².